The highest BCUT2D eigenvalue weighted by Gasteiger charge is 2.38. The number of rotatable bonds is 7. The summed E-state index contributed by atoms with van der Waals surface area (Å²) in [5.41, 5.74) is 4.64. The Morgan fingerprint density at radius 2 is 1.71 bits per heavy atom. The van der Waals surface area contributed by atoms with Crippen LogP contribution in [0.3, 0.4) is 0 Å². The third-order valence-electron chi connectivity index (χ3n) is 7.18. The molecule has 4 rings (SSSR count). The highest BCUT2D eigenvalue weighted by molar-refractivity contribution is 5.95. The summed E-state index contributed by atoms with van der Waals surface area (Å²) >= 11 is 0. The molecule has 0 radical (unpaired) electrons. The Labute approximate surface area is 224 Å². The molecular formula is C29H36N4O5. The van der Waals surface area contributed by atoms with Crippen molar-refractivity contribution in [3.8, 4) is 5.75 Å². The SMILES string of the molecule is CCOC(=O)C1=C(CN2CCN(C(=O)c3ccc(OC)cc3)CC2)N(C)C(=O)NC1c1ccc(C)cc1C. The minimum Gasteiger partial charge on any atom is -0.497 e. The fourth-order valence-corrected chi connectivity index (χ4v) is 5.02. The van der Waals surface area contributed by atoms with E-state index in [0.29, 0.717) is 55.3 Å². The molecule has 202 valence electrons. The zero-order valence-electron chi connectivity index (χ0n) is 22.7. The van der Waals surface area contributed by atoms with Crippen LogP contribution in [0.15, 0.2) is 53.7 Å². The Balaban J connectivity index is 1.56. The number of likely N-dealkylation sites (N-methyl/N-ethyl adjacent to an activating group) is 1. The molecular weight excluding hydrogens is 484 g/mol. The maximum atomic E-state index is 13.3. The number of nitrogens with zero attached hydrogens (tertiary/aromatic N) is 3. The molecule has 0 saturated carbocycles. The number of carbonyl (C=O) groups excluding carboxylic acids is 3. The van der Waals surface area contributed by atoms with Crippen molar-refractivity contribution in [2.24, 2.45) is 0 Å². The van der Waals surface area contributed by atoms with E-state index in [0.717, 1.165) is 16.7 Å². The molecule has 1 atom stereocenters. The molecule has 38 heavy (non-hydrogen) atoms. The quantitative estimate of drug-likeness (QED) is 0.564. The van der Waals surface area contributed by atoms with Gasteiger partial charge in [0.2, 0.25) is 0 Å². The van der Waals surface area contributed by atoms with Crippen molar-refractivity contribution in [2.45, 2.75) is 26.8 Å². The smallest absolute Gasteiger partial charge is 0.338 e. The summed E-state index contributed by atoms with van der Waals surface area (Å²) in [5.74, 6) is 0.243. The van der Waals surface area contributed by atoms with Gasteiger partial charge < -0.3 is 19.7 Å². The number of amides is 3. The maximum absolute atomic E-state index is 13.3. The second-order valence-electron chi connectivity index (χ2n) is 9.68. The van der Waals surface area contributed by atoms with E-state index in [1.807, 2.05) is 36.9 Å². The van der Waals surface area contributed by atoms with Crippen LogP contribution in [0.5, 0.6) is 5.75 Å². The van der Waals surface area contributed by atoms with Gasteiger partial charge in [0.15, 0.2) is 0 Å². The molecule has 2 aromatic carbocycles. The Bertz CT molecular complexity index is 1230. The maximum Gasteiger partial charge on any atom is 0.338 e. The molecule has 1 saturated heterocycles. The number of hydrogen-bond donors (Lipinski definition) is 1. The van der Waals surface area contributed by atoms with Gasteiger partial charge >= 0.3 is 12.0 Å². The van der Waals surface area contributed by atoms with Gasteiger partial charge in [0.25, 0.3) is 5.91 Å². The van der Waals surface area contributed by atoms with E-state index in [1.165, 1.54) is 4.90 Å². The van der Waals surface area contributed by atoms with Crippen molar-refractivity contribution in [1.82, 2.24) is 20.0 Å². The first-order valence-corrected chi connectivity index (χ1v) is 12.9. The number of carbonyl (C=O) groups is 3. The standard InChI is InChI=1S/C29H36N4O5/c1-6-38-28(35)25-24(31(4)29(36)30-26(25)23-12-7-19(2)17-20(23)3)18-32-13-15-33(16-14-32)27(34)21-8-10-22(37-5)11-9-21/h7-12,17,26H,6,13-16,18H2,1-5H3,(H,30,36). The number of piperazine rings is 1. The lowest BCUT2D eigenvalue weighted by Gasteiger charge is -2.39. The minimum atomic E-state index is -0.605. The largest absolute Gasteiger partial charge is 0.497 e. The molecule has 1 fully saturated rings. The second kappa shape index (κ2) is 11.7. The van der Waals surface area contributed by atoms with Gasteiger partial charge in [-0.05, 0) is 56.2 Å². The second-order valence-corrected chi connectivity index (χ2v) is 9.68. The normalized spacial score (nSPS) is 18.3. The first kappa shape index (κ1) is 27.2. The van der Waals surface area contributed by atoms with Crippen LogP contribution in [-0.2, 0) is 9.53 Å². The van der Waals surface area contributed by atoms with E-state index in [2.05, 4.69) is 10.2 Å². The van der Waals surface area contributed by atoms with E-state index in [9.17, 15) is 14.4 Å². The predicted molar refractivity (Wildman–Crippen MR) is 144 cm³/mol. The molecule has 0 bridgehead atoms. The number of hydrogen-bond acceptors (Lipinski definition) is 6. The van der Waals surface area contributed by atoms with Gasteiger partial charge in [0.1, 0.15) is 5.75 Å². The van der Waals surface area contributed by atoms with Crippen LogP contribution in [0.2, 0.25) is 0 Å². The third-order valence-corrected chi connectivity index (χ3v) is 7.18. The first-order valence-electron chi connectivity index (χ1n) is 12.9. The molecule has 0 aromatic heterocycles. The summed E-state index contributed by atoms with van der Waals surface area (Å²) in [6.07, 6.45) is 0. The minimum absolute atomic E-state index is 0.0252. The molecule has 0 spiro atoms. The molecule has 2 aliphatic rings. The zero-order valence-corrected chi connectivity index (χ0v) is 22.7. The van der Waals surface area contributed by atoms with Crippen LogP contribution in [0, 0.1) is 13.8 Å². The molecule has 0 aliphatic carbocycles. The number of urea groups is 1. The molecule has 1 N–H and O–H groups in total. The van der Waals surface area contributed by atoms with Gasteiger partial charge in [0, 0.05) is 51.0 Å². The summed E-state index contributed by atoms with van der Waals surface area (Å²) in [4.78, 5) is 44.8. The van der Waals surface area contributed by atoms with E-state index in [-0.39, 0.29) is 18.5 Å². The van der Waals surface area contributed by atoms with Crippen molar-refractivity contribution < 1.29 is 23.9 Å². The van der Waals surface area contributed by atoms with E-state index >= 15 is 0 Å². The third kappa shape index (κ3) is 5.67. The average molecular weight is 521 g/mol. The number of ether oxygens (including phenoxy) is 2. The van der Waals surface area contributed by atoms with Crippen LogP contribution >= 0.6 is 0 Å². The number of methoxy groups -OCH3 is 1. The molecule has 9 nitrogen and oxygen atoms in total. The monoisotopic (exact) mass is 520 g/mol. The van der Waals surface area contributed by atoms with Crippen LogP contribution < -0.4 is 10.1 Å². The first-order chi connectivity index (χ1) is 18.2. The summed E-state index contributed by atoms with van der Waals surface area (Å²) in [7, 11) is 3.27. The van der Waals surface area contributed by atoms with Crippen molar-refractivity contribution in [2.75, 3.05) is 53.5 Å². The van der Waals surface area contributed by atoms with Crippen molar-refractivity contribution in [1.29, 1.82) is 0 Å². The summed E-state index contributed by atoms with van der Waals surface area (Å²) < 4.78 is 10.6. The van der Waals surface area contributed by atoms with Gasteiger partial charge in [-0.3, -0.25) is 14.6 Å². The Morgan fingerprint density at radius 1 is 1.03 bits per heavy atom. The number of esters is 1. The summed E-state index contributed by atoms with van der Waals surface area (Å²) in [6.45, 7) is 8.71. The van der Waals surface area contributed by atoms with Gasteiger partial charge in [-0.2, -0.15) is 0 Å². The summed E-state index contributed by atoms with van der Waals surface area (Å²) in [5, 5.41) is 3.00. The highest BCUT2D eigenvalue weighted by atomic mass is 16.5. The molecule has 2 aromatic rings. The molecule has 9 heteroatoms. The van der Waals surface area contributed by atoms with Crippen LogP contribution in [0.4, 0.5) is 4.79 Å². The average Bonchev–Trinajstić information content (AvgIpc) is 2.91. The van der Waals surface area contributed by atoms with Gasteiger partial charge in [-0.15, -0.1) is 0 Å². The Morgan fingerprint density at radius 3 is 2.32 bits per heavy atom. The lowest BCUT2D eigenvalue weighted by atomic mass is 9.90. The van der Waals surface area contributed by atoms with Crippen molar-refractivity contribution >= 4 is 17.9 Å². The van der Waals surface area contributed by atoms with Crippen molar-refractivity contribution in [3.63, 3.8) is 0 Å². The zero-order chi connectivity index (χ0) is 27.4. The fourth-order valence-electron chi connectivity index (χ4n) is 5.02. The molecule has 1 unspecified atom stereocenters. The number of aryl methyl sites for hydroxylation is 2. The number of nitrogens with one attached hydrogen (secondary N) is 1. The Kier molecular flexibility index (Phi) is 8.36. The van der Waals surface area contributed by atoms with E-state index in [1.54, 1.807) is 45.3 Å². The van der Waals surface area contributed by atoms with Gasteiger partial charge in [-0.1, -0.05) is 23.8 Å². The Hall–Kier alpha value is -3.85. The van der Waals surface area contributed by atoms with Crippen LogP contribution in [-0.4, -0.2) is 86.1 Å². The molecule has 2 aliphatic heterocycles. The van der Waals surface area contributed by atoms with E-state index in [4.69, 9.17) is 9.47 Å². The topological polar surface area (TPSA) is 91.4 Å². The van der Waals surface area contributed by atoms with Crippen molar-refractivity contribution in [3.05, 3.63) is 76.0 Å². The summed E-state index contributed by atoms with van der Waals surface area (Å²) in [6, 6.07) is 12.2. The molecule has 2 heterocycles. The van der Waals surface area contributed by atoms with E-state index < -0.39 is 12.0 Å². The van der Waals surface area contributed by atoms with Crippen LogP contribution in [0.1, 0.15) is 40.0 Å². The lowest BCUT2D eigenvalue weighted by molar-refractivity contribution is -0.139. The predicted octanol–water partition coefficient (Wildman–Crippen LogP) is 3.28. The van der Waals surface area contributed by atoms with Crippen LogP contribution in [0.25, 0.3) is 0 Å². The lowest BCUT2D eigenvalue weighted by Crippen LogP contribution is -2.53. The molecule has 3 amide bonds. The number of benzene rings is 2. The fraction of sp³-hybridized carbons (Fsp3) is 0.414. The van der Waals surface area contributed by atoms with Gasteiger partial charge in [0.05, 0.1) is 25.3 Å². The van der Waals surface area contributed by atoms with Gasteiger partial charge in [-0.25, -0.2) is 9.59 Å². The highest BCUT2D eigenvalue weighted by Crippen LogP contribution is 2.33.